The molecule has 2 heterocycles. The monoisotopic (exact) mass is 423 g/mol. The quantitative estimate of drug-likeness (QED) is 0.663. The van der Waals surface area contributed by atoms with E-state index in [1.165, 1.54) is 0 Å². The second-order valence-corrected chi connectivity index (χ2v) is 7.60. The number of methoxy groups -OCH3 is 1. The third-order valence-corrected chi connectivity index (χ3v) is 5.58. The highest BCUT2D eigenvalue weighted by Crippen LogP contribution is 2.37. The van der Waals surface area contributed by atoms with Gasteiger partial charge in [-0.15, -0.1) is 0 Å². The van der Waals surface area contributed by atoms with Crippen LogP contribution in [0.15, 0.2) is 42.5 Å². The van der Waals surface area contributed by atoms with Crippen molar-refractivity contribution in [1.82, 2.24) is 5.32 Å². The highest BCUT2D eigenvalue weighted by molar-refractivity contribution is 6.05. The maximum atomic E-state index is 12.4. The lowest BCUT2D eigenvalue weighted by Crippen LogP contribution is -2.43. The zero-order chi connectivity index (χ0) is 21.8. The summed E-state index contributed by atoms with van der Waals surface area (Å²) in [4.78, 5) is 38.7. The van der Waals surface area contributed by atoms with Gasteiger partial charge in [0.15, 0.2) is 6.61 Å². The van der Waals surface area contributed by atoms with Crippen molar-refractivity contribution in [2.24, 2.45) is 0 Å². The largest absolute Gasteiger partial charge is 0.497 e. The lowest BCUT2D eigenvalue weighted by Gasteiger charge is -2.33. The van der Waals surface area contributed by atoms with E-state index < -0.39 is 5.97 Å². The third-order valence-electron chi connectivity index (χ3n) is 5.58. The summed E-state index contributed by atoms with van der Waals surface area (Å²) in [6.07, 6.45) is 2.46. The van der Waals surface area contributed by atoms with Crippen molar-refractivity contribution in [3.05, 3.63) is 53.6 Å². The summed E-state index contributed by atoms with van der Waals surface area (Å²) in [5.41, 5.74) is 2.87. The molecule has 8 nitrogen and oxygen atoms in total. The highest BCUT2D eigenvalue weighted by Gasteiger charge is 2.36. The zero-order valence-corrected chi connectivity index (χ0v) is 17.3. The molecule has 2 aliphatic heterocycles. The van der Waals surface area contributed by atoms with Gasteiger partial charge in [0.25, 0.3) is 5.91 Å². The Labute approximate surface area is 180 Å². The number of nitrogens with zero attached hydrogens (tertiary/aromatic N) is 1. The van der Waals surface area contributed by atoms with Gasteiger partial charge in [-0.1, -0.05) is 12.1 Å². The predicted molar refractivity (Wildman–Crippen MR) is 115 cm³/mol. The summed E-state index contributed by atoms with van der Waals surface area (Å²) >= 11 is 0. The Morgan fingerprint density at radius 2 is 2.00 bits per heavy atom. The average molecular weight is 423 g/mol. The maximum Gasteiger partial charge on any atom is 0.338 e. The number of fused-ring (bicyclic) bond motifs is 3. The minimum atomic E-state index is -0.606. The minimum absolute atomic E-state index is 0.0493. The Morgan fingerprint density at radius 1 is 1.19 bits per heavy atom. The summed E-state index contributed by atoms with van der Waals surface area (Å²) in [7, 11) is 1.61. The number of rotatable bonds is 7. The lowest BCUT2D eigenvalue weighted by molar-refractivity contribution is -0.124. The van der Waals surface area contributed by atoms with Crippen LogP contribution in [0.1, 0.15) is 28.8 Å². The van der Waals surface area contributed by atoms with Gasteiger partial charge in [-0.25, -0.2) is 4.79 Å². The number of anilines is 2. The van der Waals surface area contributed by atoms with Crippen LogP contribution in [0.25, 0.3) is 0 Å². The van der Waals surface area contributed by atoms with Crippen molar-refractivity contribution in [3.8, 4) is 5.75 Å². The molecule has 4 rings (SSSR count). The zero-order valence-electron chi connectivity index (χ0n) is 17.3. The molecule has 2 amide bonds. The van der Waals surface area contributed by atoms with Crippen LogP contribution in [-0.2, 0) is 20.7 Å². The lowest BCUT2D eigenvalue weighted by atomic mass is 10.1. The van der Waals surface area contributed by atoms with Crippen LogP contribution in [-0.4, -0.2) is 50.6 Å². The Balaban J connectivity index is 1.26. The van der Waals surface area contributed by atoms with E-state index in [1.54, 1.807) is 19.2 Å². The van der Waals surface area contributed by atoms with Crippen LogP contribution in [0.5, 0.6) is 5.75 Å². The summed E-state index contributed by atoms with van der Waals surface area (Å²) in [5, 5.41) is 5.60. The number of carbonyl (C=O) groups excluding carboxylic acids is 3. The summed E-state index contributed by atoms with van der Waals surface area (Å²) in [6.45, 7) is 0.898. The number of benzene rings is 2. The van der Waals surface area contributed by atoms with Crippen LogP contribution in [0, 0.1) is 0 Å². The first kappa shape index (κ1) is 20.7. The molecule has 0 aliphatic carbocycles. The molecular weight excluding hydrogens is 398 g/mol. The molecule has 2 aromatic carbocycles. The van der Waals surface area contributed by atoms with E-state index >= 15 is 0 Å². The summed E-state index contributed by atoms with van der Waals surface area (Å²) in [5.74, 6) is -0.243. The van der Waals surface area contributed by atoms with Crippen LogP contribution in [0.2, 0.25) is 0 Å². The third kappa shape index (κ3) is 4.63. The number of nitrogens with one attached hydrogen (secondary N) is 2. The number of amides is 2. The Morgan fingerprint density at radius 3 is 2.77 bits per heavy atom. The van der Waals surface area contributed by atoms with E-state index in [9.17, 15) is 14.4 Å². The highest BCUT2D eigenvalue weighted by atomic mass is 16.5. The molecular formula is C23H25N3O5. The molecule has 0 saturated carbocycles. The van der Waals surface area contributed by atoms with E-state index in [0.717, 1.165) is 36.4 Å². The number of ether oxygens (including phenoxy) is 2. The molecule has 1 atom stereocenters. The predicted octanol–water partition coefficient (Wildman–Crippen LogP) is 2.13. The average Bonchev–Trinajstić information content (AvgIpc) is 3.28. The SMILES string of the molecule is COc1ccc(CCNC(=O)COC(=O)c2ccc3c(c2)NC(=O)[C@H]2CCCN32)cc1. The standard InChI is InChI=1S/C23H25N3O5/c1-30-17-7-4-15(5-8-17)10-11-24-21(27)14-31-23(29)16-6-9-19-18(13-16)25-22(28)20-3-2-12-26(19)20/h4-9,13,20H,2-3,10-12,14H2,1H3,(H,24,27)(H,25,28)/t20-/m1/s1. The van der Waals surface area contributed by atoms with Crippen molar-refractivity contribution in [2.45, 2.75) is 25.3 Å². The molecule has 0 aromatic heterocycles. The molecule has 0 unspecified atom stereocenters. The van der Waals surface area contributed by atoms with Gasteiger partial charge in [0, 0.05) is 13.1 Å². The Bertz CT molecular complexity index is 989. The van der Waals surface area contributed by atoms with Crippen molar-refractivity contribution < 1.29 is 23.9 Å². The summed E-state index contributed by atoms with van der Waals surface area (Å²) < 4.78 is 10.2. The van der Waals surface area contributed by atoms with Crippen LogP contribution >= 0.6 is 0 Å². The molecule has 2 aliphatic rings. The molecule has 2 N–H and O–H groups in total. The Hall–Kier alpha value is -3.55. The van der Waals surface area contributed by atoms with Crippen LogP contribution in [0.4, 0.5) is 11.4 Å². The number of carbonyl (C=O) groups is 3. The molecule has 1 fully saturated rings. The van der Waals surface area contributed by atoms with E-state index in [-0.39, 0.29) is 24.5 Å². The first-order chi connectivity index (χ1) is 15.0. The fourth-order valence-electron chi connectivity index (χ4n) is 3.96. The maximum absolute atomic E-state index is 12.4. The van der Waals surface area contributed by atoms with Gasteiger partial charge >= 0.3 is 5.97 Å². The smallest absolute Gasteiger partial charge is 0.338 e. The first-order valence-corrected chi connectivity index (χ1v) is 10.3. The second kappa shape index (κ2) is 9.07. The fraction of sp³-hybridized carbons (Fsp3) is 0.348. The van der Waals surface area contributed by atoms with E-state index in [1.807, 2.05) is 30.3 Å². The molecule has 0 radical (unpaired) electrons. The molecule has 162 valence electrons. The molecule has 8 heteroatoms. The van der Waals surface area contributed by atoms with Crippen LogP contribution < -0.4 is 20.3 Å². The number of hydrogen-bond acceptors (Lipinski definition) is 6. The molecule has 31 heavy (non-hydrogen) atoms. The van der Waals surface area contributed by atoms with Gasteiger partial charge in [-0.05, 0) is 55.2 Å². The van der Waals surface area contributed by atoms with E-state index in [0.29, 0.717) is 24.2 Å². The topological polar surface area (TPSA) is 97.0 Å². The minimum Gasteiger partial charge on any atom is -0.497 e. The van der Waals surface area contributed by atoms with Gasteiger partial charge in [0.2, 0.25) is 5.91 Å². The van der Waals surface area contributed by atoms with Crippen molar-refractivity contribution in [3.63, 3.8) is 0 Å². The molecule has 0 bridgehead atoms. The van der Waals surface area contributed by atoms with Gasteiger partial charge in [0.05, 0.1) is 24.0 Å². The van der Waals surface area contributed by atoms with E-state index in [4.69, 9.17) is 9.47 Å². The van der Waals surface area contributed by atoms with E-state index in [2.05, 4.69) is 15.5 Å². The van der Waals surface area contributed by atoms with Crippen molar-refractivity contribution >= 4 is 29.2 Å². The van der Waals surface area contributed by atoms with Crippen molar-refractivity contribution in [2.75, 3.05) is 37.0 Å². The Kier molecular flexibility index (Phi) is 6.06. The van der Waals surface area contributed by atoms with Crippen LogP contribution in [0.3, 0.4) is 0 Å². The first-order valence-electron chi connectivity index (χ1n) is 10.3. The molecule has 1 saturated heterocycles. The van der Waals surface area contributed by atoms with Gasteiger partial charge in [0.1, 0.15) is 11.8 Å². The number of esters is 1. The van der Waals surface area contributed by atoms with Gasteiger partial charge < -0.3 is 25.0 Å². The molecule has 2 aromatic rings. The van der Waals surface area contributed by atoms with Gasteiger partial charge in [-0.2, -0.15) is 0 Å². The normalized spacial score (nSPS) is 16.7. The van der Waals surface area contributed by atoms with Crippen molar-refractivity contribution in [1.29, 1.82) is 0 Å². The van der Waals surface area contributed by atoms with Gasteiger partial charge in [-0.3, -0.25) is 9.59 Å². The number of hydrogen-bond donors (Lipinski definition) is 2. The molecule has 0 spiro atoms. The summed E-state index contributed by atoms with van der Waals surface area (Å²) in [6, 6.07) is 12.6. The second-order valence-electron chi connectivity index (χ2n) is 7.60. The fourth-order valence-corrected chi connectivity index (χ4v) is 3.96.